The molecule has 7 heteroatoms. The first-order valence-electron chi connectivity index (χ1n) is 10.5. The second kappa shape index (κ2) is 9.87. The van der Waals surface area contributed by atoms with Crippen LogP contribution in [0.5, 0.6) is 0 Å². The summed E-state index contributed by atoms with van der Waals surface area (Å²) in [5.41, 5.74) is 8.77. The number of nitrogens with one attached hydrogen (secondary N) is 1. The third-order valence-electron chi connectivity index (χ3n) is 5.29. The Labute approximate surface area is 187 Å². The lowest BCUT2D eigenvalue weighted by Crippen LogP contribution is -2.29. The summed E-state index contributed by atoms with van der Waals surface area (Å²) in [6.07, 6.45) is 6.31. The Morgan fingerprint density at radius 2 is 1.69 bits per heavy atom. The minimum absolute atomic E-state index is 0.113. The second-order valence-electron chi connectivity index (χ2n) is 7.70. The van der Waals surface area contributed by atoms with E-state index in [4.69, 9.17) is 5.73 Å². The second-order valence-corrected chi connectivity index (χ2v) is 7.70. The lowest BCUT2D eigenvalue weighted by molar-refractivity contribution is -0.129. The van der Waals surface area contributed by atoms with Gasteiger partial charge in [-0.25, -0.2) is 9.97 Å². The van der Waals surface area contributed by atoms with Gasteiger partial charge in [-0.1, -0.05) is 66.7 Å². The molecule has 0 unspecified atom stereocenters. The van der Waals surface area contributed by atoms with Crippen LogP contribution in [0.3, 0.4) is 0 Å². The van der Waals surface area contributed by atoms with Gasteiger partial charge < -0.3 is 16.0 Å². The predicted molar refractivity (Wildman–Crippen MR) is 123 cm³/mol. The van der Waals surface area contributed by atoms with E-state index in [1.165, 1.54) is 6.20 Å². The Balaban J connectivity index is 1.47. The number of amides is 2. The van der Waals surface area contributed by atoms with Crippen molar-refractivity contribution in [2.75, 3.05) is 18.4 Å². The molecular formula is C25H25N5O2. The van der Waals surface area contributed by atoms with E-state index in [-0.39, 0.29) is 11.5 Å². The van der Waals surface area contributed by atoms with E-state index >= 15 is 0 Å². The highest BCUT2D eigenvalue weighted by Gasteiger charge is 2.15. The van der Waals surface area contributed by atoms with Gasteiger partial charge >= 0.3 is 0 Å². The molecule has 0 saturated carbocycles. The summed E-state index contributed by atoms with van der Waals surface area (Å²) < 4.78 is 0. The SMILES string of the molecule is NC(=O)c1cnc(Cc2cccc(CC(=O)N3CC=CC3)c2)nc1NCc1ccccc1. The average molecular weight is 428 g/mol. The summed E-state index contributed by atoms with van der Waals surface area (Å²) in [7, 11) is 0. The van der Waals surface area contributed by atoms with Crippen LogP contribution in [0.4, 0.5) is 5.82 Å². The topological polar surface area (TPSA) is 101 Å². The molecule has 3 aromatic rings. The van der Waals surface area contributed by atoms with Crippen molar-refractivity contribution in [1.29, 1.82) is 0 Å². The summed E-state index contributed by atoms with van der Waals surface area (Å²) in [4.78, 5) is 35.0. The fraction of sp³-hybridized carbons (Fsp3) is 0.200. The van der Waals surface area contributed by atoms with Crippen LogP contribution in [0.25, 0.3) is 0 Å². The quantitative estimate of drug-likeness (QED) is 0.538. The fourth-order valence-corrected chi connectivity index (χ4v) is 3.60. The standard InChI is InChI=1S/C25H25N5O2/c26-24(32)21-17-27-22(29-25(21)28-16-18-7-2-1-3-8-18)14-19-9-6-10-20(13-19)15-23(31)30-11-4-5-12-30/h1-10,13,17H,11-12,14-16H2,(H2,26,32)(H,27,28,29). The van der Waals surface area contributed by atoms with Gasteiger partial charge in [0.15, 0.2) is 0 Å². The summed E-state index contributed by atoms with van der Waals surface area (Å²) in [6, 6.07) is 17.7. The monoisotopic (exact) mass is 427 g/mol. The minimum atomic E-state index is -0.580. The normalized spacial score (nSPS) is 12.7. The van der Waals surface area contributed by atoms with Crippen molar-refractivity contribution >= 4 is 17.6 Å². The number of anilines is 1. The highest BCUT2D eigenvalue weighted by molar-refractivity contribution is 5.97. The molecule has 162 valence electrons. The van der Waals surface area contributed by atoms with Crippen LogP contribution in [0, 0.1) is 0 Å². The van der Waals surface area contributed by atoms with E-state index in [1.54, 1.807) is 0 Å². The molecule has 0 fully saturated rings. The van der Waals surface area contributed by atoms with Gasteiger partial charge in [0.1, 0.15) is 11.6 Å². The van der Waals surface area contributed by atoms with Gasteiger partial charge in [-0.3, -0.25) is 9.59 Å². The Kier molecular flexibility index (Phi) is 6.55. The zero-order valence-electron chi connectivity index (χ0n) is 17.7. The number of carbonyl (C=O) groups excluding carboxylic acids is 2. The van der Waals surface area contributed by atoms with E-state index in [2.05, 4.69) is 15.3 Å². The highest BCUT2D eigenvalue weighted by Crippen LogP contribution is 2.16. The van der Waals surface area contributed by atoms with Gasteiger partial charge in [-0.15, -0.1) is 0 Å². The molecule has 1 aromatic heterocycles. The first-order chi connectivity index (χ1) is 15.6. The number of nitrogens with two attached hydrogens (primary N) is 1. The minimum Gasteiger partial charge on any atom is -0.365 e. The lowest BCUT2D eigenvalue weighted by Gasteiger charge is -2.15. The molecule has 32 heavy (non-hydrogen) atoms. The number of primary amides is 1. The first kappa shape index (κ1) is 21.2. The van der Waals surface area contributed by atoms with Crippen molar-refractivity contribution < 1.29 is 9.59 Å². The molecule has 3 N–H and O–H groups in total. The van der Waals surface area contributed by atoms with Crippen molar-refractivity contribution in [3.05, 3.63) is 101 Å². The van der Waals surface area contributed by atoms with Gasteiger partial charge in [0.05, 0.1) is 12.0 Å². The molecular weight excluding hydrogens is 402 g/mol. The van der Waals surface area contributed by atoms with Crippen LogP contribution in [0.1, 0.15) is 32.9 Å². The number of hydrogen-bond donors (Lipinski definition) is 2. The molecule has 0 saturated heterocycles. The Bertz CT molecular complexity index is 1140. The number of aromatic nitrogens is 2. The zero-order valence-corrected chi connectivity index (χ0v) is 17.7. The summed E-state index contributed by atoms with van der Waals surface area (Å²) in [5, 5.41) is 3.20. The molecule has 2 heterocycles. The van der Waals surface area contributed by atoms with Crippen molar-refractivity contribution in [2.45, 2.75) is 19.4 Å². The molecule has 4 rings (SSSR count). The Morgan fingerprint density at radius 1 is 0.969 bits per heavy atom. The van der Waals surface area contributed by atoms with E-state index < -0.39 is 5.91 Å². The molecule has 2 aromatic carbocycles. The average Bonchev–Trinajstić information content (AvgIpc) is 3.34. The summed E-state index contributed by atoms with van der Waals surface area (Å²) in [6.45, 7) is 1.87. The van der Waals surface area contributed by atoms with Crippen molar-refractivity contribution in [2.24, 2.45) is 5.73 Å². The number of carbonyl (C=O) groups is 2. The van der Waals surface area contributed by atoms with Crippen LogP contribution in [0.15, 0.2) is 72.9 Å². The largest absolute Gasteiger partial charge is 0.365 e. The number of rotatable bonds is 8. The fourth-order valence-electron chi connectivity index (χ4n) is 3.60. The molecule has 0 bridgehead atoms. The van der Waals surface area contributed by atoms with Gasteiger partial charge in [0.2, 0.25) is 5.91 Å². The van der Waals surface area contributed by atoms with Crippen LogP contribution in [-0.4, -0.2) is 39.8 Å². The maximum atomic E-state index is 12.4. The molecule has 0 spiro atoms. The van der Waals surface area contributed by atoms with Crippen molar-refractivity contribution in [3.63, 3.8) is 0 Å². The highest BCUT2D eigenvalue weighted by atomic mass is 16.2. The number of nitrogens with zero attached hydrogens (tertiary/aromatic N) is 3. The van der Waals surface area contributed by atoms with Crippen LogP contribution in [0.2, 0.25) is 0 Å². The van der Waals surface area contributed by atoms with E-state index in [0.29, 0.717) is 44.1 Å². The molecule has 0 radical (unpaired) electrons. The van der Waals surface area contributed by atoms with Crippen LogP contribution < -0.4 is 11.1 Å². The molecule has 0 aliphatic carbocycles. The molecule has 1 aliphatic rings. The van der Waals surface area contributed by atoms with E-state index in [9.17, 15) is 9.59 Å². The van der Waals surface area contributed by atoms with Crippen molar-refractivity contribution in [1.82, 2.24) is 14.9 Å². The van der Waals surface area contributed by atoms with Gasteiger partial charge in [-0.05, 0) is 16.7 Å². The van der Waals surface area contributed by atoms with Crippen molar-refractivity contribution in [3.8, 4) is 0 Å². The molecule has 7 nitrogen and oxygen atoms in total. The van der Waals surface area contributed by atoms with Gasteiger partial charge in [0.25, 0.3) is 5.91 Å². The van der Waals surface area contributed by atoms with Crippen LogP contribution in [-0.2, 0) is 24.2 Å². The Morgan fingerprint density at radius 3 is 2.44 bits per heavy atom. The van der Waals surface area contributed by atoms with Crippen LogP contribution >= 0.6 is 0 Å². The third-order valence-corrected chi connectivity index (χ3v) is 5.29. The molecule has 2 amide bonds. The zero-order chi connectivity index (χ0) is 22.3. The van der Waals surface area contributed by atoms with Gasteiger partial charge in [-0.2, -0.15) is 0 Å². The van der Waals surface area contributed by atoms with E-state index in [1.807, 2.05) is 71.6 Å². The third kappa shape index (κ3) is 5.37. The lowest BCUT2D eigenvalue weighted by atomic mass is 10.0. The molecule has 1 aliphatic heterocycles. The first-order valence-corrected chi connectivity index (χ1v) is 10.5. The van der Waals surface area contributed by atoms with Gasteiger partial charge in [0, 0.05) is 32.3 Å². The number of benzene rings is 2. The maximum Gasteiger partial charge on any atom is 0.254 e. The Hall–Kier alpha value is -4.00. The maximum absolute atomic E-state index is 12.4. The summed E-state index contributed by atoms with van der Waals surface area (Å²) in [5.74, 6) is 0.516. The van der Waals surface area contributed by atoms with E-state index in [0.717, 1.165) is 16.7 Å². The molecule has 0 atom stereocenters. The predicted octanol–water partition coefficient (Wildman–Crippen LogP) is 2.72. The summed E-state index contributed by atoms with van der Waals surface area (Å²) >= 11 is 0. The smallest absolute Gasteiger partial charge is 0.254 e. The number of hydrogen-bond acceptors (Lipinski definition) is 5.